The topological polar surface area (TPSA) is 72.7 Å². The lowest BCUT2D eigenvalue weighted by atomic mass is 10.0. The molecule has 2 aromatic heterocycles. The summed E-state index contributed by atoms with van der Waals surface area (Å²) in [5.74, 6) is -0.0690. The largest absolute Gasteiger partial charge is 0.352 e. The van der Waals surface area contributed by atoms with E-state index < -0.39 is 0 Å². The highest BCUT2D eigenvalue weighted by atomic mass is 19.1. The Morgan fingerprint density at radius 3 is 2.03 bits per heavy atom. The van der Waals surface area contributed by atoms with Crippen LogP contribution in [0.15, 0.2) is 79.1 Å². The molecule has 0 radical (unpaired) electrons. The van der Waals surface area contributed by atoms with Crippen molar-refractivity contribution in [2.75, 3.05) is 6.54 Å². The maximum Gasteiger partial charge on any atom is 0.251 e. The van der Waals surface area contributed by atoms with E-state index >= 15 is 0 Å². The molecule has 0 unspecified atom stereocenters. The normalized spacial score (nSPS) is 11.1. The fourth-order valence-corrected chi connectivity index (χ4v) is 3.84. The third-order valence-corrected chi connectivity index (χ3v) is 5.72. The van der Waals surface area contributed by atoms with Gasteiger partial charge >= 0.3 is 0 Å². The number of nitrogens with zero attached hydrogens (tertiary/aromatic N) is 4. The lowest BCUT2D eigenvalue weighted by molar-refractivity contribution is 0.0954. The molecule has 0 atom stereocenters. The van der Waals surface area contributed by atoms with Crippen LogP contribution in [0.25, 0.3) is 33.5 Å². The third-order valence-electron chi connectivity index (χ3n) is 5.72. The average molecular weight is 469 g/mol. The molecule has 35 heavy (non-hydrogen) atoms. The van der Waals surface area contributed by atoms with Crippen molar-refractivity contribution in [2.24, 2.45) is 7.05 Å². The van der Waals surface area contributed by atoms with Gasteiger partial charge in [0.15, 0.2) is 0 Å². The number of benzene rings is 3. The van der Waals surface area contributed by atoms with Crippen LogP contribution in [-0.2, 0) is 13.5 Å². The van der Waals surface area contributed by atoms with Crippen molar-refractivity contribution in [1.29, 1.82) is 0 Å². The minimum atomic E-state index is -0.365. The fourth-order valence-electron chi connectivity index (χ4n) is 3.84. The lowest BCUT2D eigenvalue weighted by Gasteiger charge is -2.12. The van der Waals surface area contributed by atoms with Gasteiger partial charge in [-0.05, 0) is 66.7 Å². The van der Waals surface area contributed by atoms with E-state index in [4.69, 9.17) is 9.97 Å². The zero-order valence-corrected chi connectivity index (χ0v) is 18.9. The quantitative estimate of drug-likeness (QED) is 0.382. The van der Waals surface area contributed by atoms with Gasteiger partial charge in [0.05, 0.1) is 22.4 Å². The average Bonchev–Trinajstić information content (AvgIpc) is 3.28. The lowest BCUT2D eigenvalue weighted by Crippen LogP contribution is -2.26. The van der Waals surface area contributed by atoms with E-state index in [0.717, 1.165) is 5.82 Å². The van der Waals surface area contributed by atoms with Crippen LogP contribution in [0.3, 0.4) is 0 Å². The SMILES string of the molecule is Cn1ccnc1CCNC(=O)c1ccc2nc(-c3ccc(F)cc3)c(-c3ccc(F)cc3)nc2c1. The Morgan fingerprint density at radius 1 is 0.857 bits per heavy atom. The van der Waals surface area contributed by atoms with E-state index in [1.807, 2.05) is 17.8 Å². The number of aryl methyl sites for hydroxylation is 1. The molecule has 0 aliphatic carbocycles. The molecule has 5 rings (SSSR count). The van der Waals surface area contributed by atoms with E-state index in [9.17, 15) is 13.6 Å². The summed E-state index contributed by atoms with van der Waals surface area (Å²) in [6.07, 6.45) is 4.19. The first-order chi connectivity index (χ1) is 17.0. The summed E-state index contributed by atoms with van der Waals surface area (Å²) in [6, 6.07) is 17.0. The van der Waals surface area contributed by atoms with Gasteiger partial charge in [-0.3, -0.25) is 4.79 Å². The fraction of sp³-hybridized carbons (Fsp3) is 0.111. The molecule has 3 aromatic carbocycles. The molecule has 0 fully saturated rings. The number of rotatable bonds is 6. The third kappa shape index (κ3) is 4.77. The molecule has 8 heteroatoms. The van der Waals surface area contributed by atoms with Gasteiger partial charge < -0.3 is 9.88 Å². The minimum absolute atomic E-state index is 0.228. The van der Waals surface area contributed by atoms with Crippen molar-refractivity contribution < 1.29 is 13.6 Å². The molecule has 174 valence electrons. The summed E-state index contributed by atoms with van der Waals surface area (Å²) in [7, 11) is 1.91. The van der Waals surface area contributed by atoms with Crippen molar-refractivity contribution in [3.63, 3.8) is 0 Å². The van der Waals surface area contributed by atoms with Gasteiger partial charge in [0.2, 0.25) is 0 Å². The van der Waals surface area contributed by atoms with Crippen LogP contribution in [0.2, 0.25) is 0 Å². The molecule has 2 heterocycles. The Balaban J connectivity index is 1.49. The summed E-state index contributed by atoms with van der Waals surface area (Å²) in [5.41, 5.74) is 3.94. The number of carbonyl (C=O) groups excluding carboxylic acids is 1. The summed E-state index contributed by atoms with van der Waals surface area (Å²) in [4.78, 5) is 26.5. The van der Waals surface area contributed by atoms with Crippen molar-refractivity contribution in [3.8, 4) is 22.5 Å². The molecule has 1 N–H and O–H groups in total. The second-order valence-electron chi connectivity index (χ2n) is 8.10. The molecule has 6 nitrogen and oxygen atoms in total. The molecule has 0 saturated carbocycles. The van der Waals surface area contributed by atoms with Gasteiger partial charge in [-0.2, -0.15) is 0 Å². The van der Waals surface area contributed by atoms with E-state index in [-0.39, 0.29) is 17.5 Å². The van der Waals surface area contributed by atoms with Gasteiger partial charge in [-0.15, -0.1) is 0 Å². The second-order valence-corrected chi connectivity index (χ2v) is 8.10. The molecule has 5 aromatic rings. The highest BCUT2D eigenvalue weighted by Crippen LogP contribution is 2.31. The minimum Gasteiger partial charge on any atom is -0.352 e. The van der Waals surface area contributed by atoms with E-state index in [1.165, 1.54) is 24.3 Å². The van der Waals surface area contributed by atoms with Crippen LogP contribution < -0.4 is 5.32 Å². The van der Waals surface area contributed by atoms with Crippen LogP contribution in [-0.4, -0.2) is 32.0 Å². The first-order valence-electron chi connectivity index (χ1n) is 11.1. The van der Waals surface area contributed by atoms with Gasteiger partial charge in [0.1, 0.15) is 17.5 Å². The Bertz CT molecular complexity index is 1510. The van der Waals surface area contributed by atoms with Crippen LogP contribution in [0, 0.1) is 11.6 Å². The predicted octanol–water partition coefficient (Wildman–Crippen LogP) is 4.95. The number of amides is 1. The number of aromatic nitrogens is 4. The van der Waals surface area contributed by atoms with E-state index in [0.29, 0.717) is 52.1 Å². The highest BCUT2D eigenvalue weighted by molar-refractivity contribution is 5.98. The number of hydrogen-bond donors (Lipinski definition) is 1. The molecule has 0 bridgehead atoms. The smallest absolute Gasteiger partial charge is 0.251 e. The number of nitrogens with one attached hydrogen (secondary N) is 1. The van der Waals surface area contributed by atoms with Crippen molar-refractivity contribution in [2.45, 2.75) is 6.42 Å². The highest BCUT2D eigenvalue weighted by Gasteiger charge is 2.15. The Kier molecular flexibility index (Phi) is 6.01. The molecule has 0 aliphatic heterocycles. The summed E-state index contributed by atoms with van der Waals surface area (Å²) in [5, 5.41) is 2.91. The monoisotopic (exact) mass is 469 g/mol. The van der Waals surface area contributed by atoms with Crippen LogP contribution in [0.1, 0.15) is 16.2 Å². The van der Waals surface area contributed by atoms with E-state index in [1.54, 1.807) is 48.7 Å². The number of carbonyl (C=O) groups is 1. The Morgan fingerprint density at radius 2 is 1.46 bits per heavy atom. The summed E-state index contributed by atoms with van der Waals surface area (Å²) >= 11 is 0. The number of halogens is 2. The summed E-state index contributed by atoms with van der Waals surface area (Å²) < 4.78 is 29.0. The van der Waals surface area contributed by atoms with Crippen molar-refractivity contribution >= 4 is 16.9 Å². The molecule has 0 spiro atoms. The summed E-state index contributed by atoms with van der Waals surface area (Å²) in [6.45, 7) is 0.442. The maximum absolute atomic E-state index is 13.6. The second kappa shape index (κ2) is 9.42. The molecule has 0 saturated heterocycles. The molecule has 1 amide bonds. The van der Waals surface area contributed by atoms with Gasteiger partial charge in [-0.1, -0.05) is 0 Å². The van der Waals surface area contributed by atoms with E-state index in [2.05, 4.69) is 10.3 Å². The molecular formula is C27H21F2N5O. The Hall–Kier alpha value is -4.46. The van der Waals surface area contributed by atoms with Crippen molar-refractivity contribution in [1.82, 2.24) is 24.8 Å². The molecular weight excluding hydrogens is 448 g/mol. The zero-order chi connectivity index (χ0) is 24.4. The van der Waals surface area contributed by atoms with Gasteiger partial charge in [0, 0.05) is 49.1 Å². The Labute approximate surface area is 200 Å². The van der Waals surface area contributed by atoms with Crippen LogP contribution >= 0.6 is 0 Å². The first kappa shape index (κ1) is 22.3. The van der Waals surface area contributed by atoms with Crippen LogP contribution in [0.4, 0.5) is 8.78 Å². The zero-order valence-electron chi connectivity index (χ0n) is 18.9. The predicted molar refractivity (Wildman–Crippen MR) is 130 cm³/mol. The molecule has 0 aliphatic rings. The van der Waals surface area contributed by atoms with Crippen molar-refractivity contribution in [3.05, 3.63) is 102 Å². The number of hydrogen-bond acceptors (Lipinski definition) is 4. The maximum atomic E-state index is 13.6. The standard InChI is InChI=1S/C27H21F2N5O/c1-34-15-14-30-24(34)12-13-31-27(35)19-6-11-22-23(16-19)33-26(18-4-9-21(29)10-5-18)25(32-22)17-2-7-20(28)8-3-17/h2-11,14-16H,12-13H2,1H3,(H,31,35). The number of fused-ring (bicyclic) bond motifs is 1. The number of imidazole rings is 1. The van der Waals surface area contributed by atoms with Crippen LogP contribution in [0.5, 0.6) is 0 Å². The van der Waals surface area contributed by atoms with Gasteiger partial charge in [0.25, 0.3) is 5.91 Å². The van der Waals surface area contributed by atoms with Gasteiger partial charge in [-0.25, -0.2) is 23.7 Å². The first-order valence-corrected chi connectivity index (χ1v) is 11.1.